The van der Waals surface area contributed by atoms with E-state index in [9.17, 15) is 53.4 Å². The maximum absolute atomic E-state index is 11.4. The van der Waals surface area contributed by atoms with Gasteiger partial charge < -0.3 is 58.5 Å². The van der Waals surface area contributed by atoms with Gasteiger partial charge in [0.2, 0.25) is 0 Å². The molecule has 0 aromatic carbocycles. The van der Waals surface area contributed by atoms with Crippen molar-refractivity contribution in [2.75, 3.05) is 27.0 Å². The summed E-state index contributed by atoms with van der Waals surface area (Å²) >= 11 is 0. The first-order valence-corrected chi connectivity index (χ1v) is 16.1. The van der Waals surface area contributed by atoms with Crippen LogP contribution in [0.2, 0.25) is 0 Å². The van der Waals surface area contributed by atoms with E-state index >= 15 is 0 Å². The zero-order valence-electron chi connectivity index (χ0n) is 19.0. The zero-order valence-corrected chi connectivity index (χ0v) is 22.5. The summed E-state index contributed by atoms with van der Waals surface area (Å²) in [6.45, 7) is -0.167. The summed E-state index contributed by atoms with van der Waals surface area (Å²) in [5, 5.41) is 37.3. The molecule has 4 radical (unpaired) electrons. The van der Waals surface area contributed by atoms with Gasteiger partial charge in [0.25, 0.3) is 15.6 Å². The highest BCUT2D eigenvalue weighted by atomic mass is 31.3. The minimum absolute atomic E-state index is 0.282. The van der Waals surface area contributed by atoms with E-state index in [0.29, 0.717) is 7.11 Å². The topological polar surface area (TPSA) is 300 Å². The van der Waals surface area contributed by atoms with Crippen LogP contribution in [-0.2, 0) is 49.9 Å². The predicted molar refractivity (Wildman–Crippen MR) is 115 cm³/mol. The Morgan fingerprint density at radius 2 is 1.16 bits per heavy atom. The number of hydrogen-bond donors (Lipinski definition) is 6. The van der Waals surface area contributed by atoms with Crippen molar-refractivity contribution in [3.63, 3.8) is 0 Å². The highest BCUT2D eigenvalue weighted by Crippen LogP contribution is 2.64. The molecule has 7 unspecified atom stereocenters. The Hall–Kier alpha value is 0.450. The number of phosphoric ester groups is 2. The number of ether oxygens (including phenoxy) is 2. The molecule has 2 heterocycles. The van der Waals surface area contributed by atoms with E-state index in [4.69, 9.17) is 30.1 Å². The largest absolute Gasteiger partial charge is 0.756 e. The van der Waals surface area contributed by atoms with Crippen LogP contribution in [0, 0.1) is 0 Å². The van der Waals surface area contributed by atoms with Crippen molar-refractivity contribution in [1.82, 2.24) is 0 Å². The molecule has 6 N–H and O–H groups in total. The van der Waals surface area contributed by atoms with E-state index in [1.807, 2.05) is 0 Å². The highest BCUT2D eigenvalue weighted by molar-refractivity contribution is 7.65. The van der Waals surface area contributed by atoms with Crippen LogP contribution in [0.3, 0.4) is 0 Å². The first kappa shape index (κ1) is 35.5. The number of rotatable bonds is 11. The monoisotopic (exact) mass is 618 g/mol. The summed E-state index contributed by atoms with van der Waals surface area (Å²) in [5.41, 5.74) is 0. The molecule has 2 aliphatic rings. The summed E-state index contributed by atoms with van der Waals surface area (Å²) in [7, 11) is -8.98. The van der Waals surface area contributed by atoms with Gasteiger partial charge in [0, 0.05) is 25.8 Å². The van der Waals surface area contributed by atoms with E-state index in [2.05, 4.69) is 22.2 Å². The molecule has 12 atom stereocenters. The van der Waals surface area contributed by atoms with Crippen LogP contribution in [0.4, 0.5) is 0 Å². The van der Waals surface area contributed by atoms with Gasteiger partial charge in [-0.1, -0.05) is 0 Å². The van der Waals surface area contributed by atoms with E-state index in [1.54, 1.807) is 0 Å². The average Bonchev–Trinajstić information content (AvgIpc) is 3.13. The second kappa shape index (κ2) is 13.9. The Balaban J connectivity index is 0.000000417. The SMILES string of the molecule is [B][C@@H]1O[C@H](COP(=O)(O)OP(=O)([O-])OP(=O)([O-])OC)C(O)C1O.[B][C@@H]1O[C@H](COP(C)(=O)O)C(O)[C@@H]1O. The van der Waals surface area contributed by atoms with Crippen molar-refractivity contribution in [2.24, 2.45) is 0 Å². The number of hydrogen-bond acceptors (Lipinski definition) is 17. The molecule has 0 amide bonds. The first-order valence-electron chi connectivity index (χ1n) is 9.67. The second-order valence-corrected chi connectivity index (χ2v) is 13.9. The lowest BCUT2D eigenvalue weighted by Gasteiger charge is -2.30. The van der Waals surface area contributed by atoms with E-state index in [1.165, 1.54) is 0 Å². The molecule has 0 spiro atoms. The minimum Gasteiger partial charge on any atom is -0.756 e. The molecule has 2 aliphatic heterocycles. The smallest absolute Gasteiger partial charge is 0.478 e. The van der Waals surface area contributed by atoms with Gasteiger partial charge in [-0.3, -0.25) is 18.2 Å². The Bertz CT molecular complexity index is 933. The quantitative estimate of drug-likeness (QED) is 0.0944. The normalized spacial score (nSPS) is 38.4. The fourth-order valence-electron chi connectivity index (χ4n) is 2.53. The van der Waals surface area contributed by atoms with Gasteiger partial charge in [-0.15, -0.1) is 0 Å². The first-order chi connectivity index (χ1) is 16.6. The van der Waals surface area contributed by atoms with E-state index in [0.717, 1.165) is 6.66 Å². The lowest BCUT2D eigenvalue weighted by Crippen LogP contribution is -2.34. The molecule has 2 saturated heterocycles. The van der Waals surface area contributed by atoms with Crippen molar-refractivity contribution >= 4 is 46.8 Å². The van der Waals surface area contributed by atoms with Crippen LogP contribution in [0.25, 0.3) is 0 Å². The minimum atomic E-state index is -5.82. The number of aliphatic hydroxyl groups is 4. The molecule has 0 aromatic heterocycles. The van der Waals surface area contributed by atoms with Crippen molar-refractivity contribution in [3.05, 3.63) is 0 Å². The van der Waals surface area contributed by atoms with Gasteiger partial charge in [-0.2, -0.15) is 0 Å². The fourth-order valence-corrected chi connectivity index (χ4v) is 6.12. The van der Waals surface area contributed by atoms with Gasteiger partial charge in [0.15, 0.2) is 0 Å². The Labute approximate surface area is 212 Å². The lowest BCUT2D eigenvalue weighted by molar-refractivity contribution is -0.238. The van der Waals surface area contributed by atoms with Gasteiger partial charge >= 0.3 is 15.4 Å². The zero-order chi connectivity index (χ0) is 29.0. The van der Waals surface area contributed by atoms with Crippen LogP contribution in [0.15, 0.2) is 0 Å². The molecule has 2 rings (SSSR count). The molecule has 2 fully saturated rings. The molecule has 0 aliphatic carbocycles. The van der Waals surface area contributed by atoms with Crippen LogP contribution in [0.1, 0.15) is 0 Å². The molecular formula is C12H24B2O19P4-2. The molecule has 214 valence electrons. The Kier molecular flexibility index (Phi) is 13.3. The predicted octanol–water partition coefficient (Wildman–Crippen LogP) is -4.23. The van der Waals surface area contributed by atoms with Crippen molar-refractivity contribution in [2.45, 2.75) is 48.6 Å². The van der Waals surface area contributed by atoms with Crippen LogP contribution in [0.5, 0.6) is 0 Å². The van der Waals surface area contributed by atoms with Gasteiger partial charge in [-0.05, 0) is 0 Å². The second-order valence-electron chi connectivity index (χ2n) is 7.34. The standard InChI is InChI=1S/C6H14BO13P3.C6H12BO6P/c1-16-21(10,11)19-23(14,15)20-22(12,13)17-2-3-4(8)5(9)6(7)18-3;1-14(10,11)12-2-3-4(8)5(9)6(7)13-3/h3-6,8-9H,2H2,1H3,(H,10,11)(H,12,13)(H,14,15);3-6,8-9H,2H2,1H3,(H,10,11)/p-2/t3-,4?,5?,6-;3-,4?,5+,6-/m11/s1. The Morgan fingerprint density at radius 1 is 0.757 bits per heavy atom. The summed E-state index contributed by atoms with van der Waals surface area (Å²) in [4.78, 5) is 40.0. The summed E-state index contributed by atoms with van der Waals surface area (Å²) in [6.07, 6.45) is -7.70. The maximum Gasteiger partial charge on any atom is 0.478 e. The van der Waals surface area contributed by atoms with Crippen LogP contribution >= 0.6 is 31.1 Å². The third-order valence-electron chi connectivity index (χ3n) is 4.31. The molecule has 0 aromatic rings. The van der Waals surface area contributed by atoms with Crippen LogP contribution in [-0.4, -0.2) is 122 Å². The van der Waals surface area contributed by atoms with E-state index < -0.39 is 86.3 Å². The van der Waals surface area contributed by atoms with Gasteiger partial charge in [0.05, 0.1) is 25.4 Å². The molecule has 0 saturated carbocycles. The third kappa shape index (κ3) is 12.2. The molecule has 19 nitrogen and oxygen atoms in total. The number of phosphoric acid groups is 3. The van der Waals surface area contributed by atoms with Crippen molar-refractivity contribution in [3.8, 4) is 0 Å². The molecule has 25 heteroatoms. The fraction of sp³-hybridized carbons (Fsp3) is 1.00. The van der Waals surface area contributed by atoms with Crippen LogP contribution < -0.4 is 9.79 Å². The third-order valence-corrected chi connectivity index (χ3v) is 9.08. The molecule has 0 bridgehead atoms. The maximum atomic E-state index is 11.4. The van der Waals surface area contributed by atoms with Gasteiger partial charge in [0.1, 0.15) is 40.1 Å². The highest BCUT2D eigenvalue weighted by Gasteiger charge is 2.42. The Morgan fingerprint density at radius 3 is 1.49 bits per heavy atom. The van der Waals surface area contributed by atoms with Gasteiger partial charge in [-0.25, -0.2) is 13.2 Å². The summed E-state index contributed by atoms with van der Waals surface area (Å²) in [5.74, 6) is 0. The lowest BCUT2D eigenvalue weighted by atomic mass is 9.93. The summed E-state index contributed by atoms with van der Waals surface area (Å²) in [6, 6.07) is -2.28. The average molecular weight is 618 g/mol. The molecule has 37 heavy (non-hydrogen) atoms. The summed E-state index contributed by atoms with van der Waals surface area (Å²) < 4.78 is 73.3. The van der Waals surface area contributed by atoms with Crippen molar-refractivity contribution in [1.29, 1.82) is 0 Å². The van der Waals surface area contributed by atoms with Crippen molar-refractivity contribution < 1.29 is 89.9 Å². The molecular weight excluding hydrogens is 594 g/mol. The van der Waals surface area contributed by atoms with E-state index in [-0.39, 0.29) is 6.61 Å². The number of aliphatic hydroxyl groups excluding tert-OH is 4.